The smallest absolute Gasteiger partial charge is 0.152 e. The van der Waals surface area contributed by atoms with Crippen LogP contribution in [0.5, 0.6) is 0 Å². The third-order valence-electron chi connectivity index (χ3n) is 1.78. The van der Waals surface area contributed by atoms with E-state index < -0.39 is 15.9 Å². The van der Waals surface area contributed by atoms with Crippen LogP contribution in [0, 0.1) is 0 Å². The van der Waals surface area contributed by atoms with Crippen LogP contribution in [0.3, 0.4) is 0 Å². The van der Waals surface area contributed by atoms with Crippen molar-refractivity contribution in [3.63, 3.8) is 0 Å². The van der Waals surface area contributed by atoms with Crippen molar-refractivity contribution in [3.8, 4) is 0 Å². The van der Waals surface area contributed by atoms with Crippen molar-refractivity contribution < 1.29 is 13.5 Å². The Morgan fingerprint density at radius 1 is 1.38 bits per heavy atom. The third-order valence-corrected chi connectivity index (χ3v) is 3.58. The van der Waals surface area contributed by atoms with Gasteiger partial charge in [0.05, 0.1) is 17.6 Å². The molecular weight excluding hydrogens is 190 g/mol. The van der Waals surface area contributed by atoms with Crippen LogP contribution in [0.2, 0.25) is 0 Å². The Balaban J connectivity index is 3.81. The highest BCUT2D eigenvalue weighted by atomic mass is 32.2. The van der Waals surface area contributed by atoms with E-state index in [0.717, 1.165) is 12.8 Å². The SMILES string of the molecule is CCCCCS(=O)(=O)CC(O)CN. The molecule has 4 nitrogen and oxygen atoms in total. The van der Waals surface area contributed by atoms with E-state index in [-0.39, 0.29) is 18.1 Å². The van der Waals surface area contributed by atoms with Crippen LogP contribution < -0.4 is 5.73 Å². The average Bonchev–Trinajstić information content (AvgIpc) is 2.03. The molecule has 0 rings (SSSR count). The molecule has 0 bridgehead atoms. The average molecular weight is 209 g/mol. The minimum atomic E-state index is -3.10. The molecule has 0 aromatic carbocycles. The van der Waals surface area contributed by atoms with Gasteiger partial charge in [-0.2, -0.15) is 0 Å². The molecule has 3 N–H and O–H groups in total. The summed E-state index contributed by atoms with van der Waals surface area (Å²) in [4.78, 5) is 0. The Labute approximate surface area is 80.1 Å². The predicted octanol–water partition coefficient (Wildman–Crippen LogP) is -0.0890. The fraction of sp³-hybridized carbons (Fsp3) is 1.00. The maximum absolute atomic E-state index is 11.3. The molecule has 0 aliphatic rings. The van der Waals surface area contributed by atoms with Gasteiger partial charge in [-0.15, -0.1) is 0 Å². The molecule has 5 heteroatoms. The van der Waals surface area contributed by atoms with E-state index in [2.05, 4.69) is 0 Å². The highest BCUT2D eigenvalue weighted by Gasteiger charge is 2.15. The number of unbranched alkanes of at least 4 members (excludes halogenated alkanes) is 2. The molecule has 0 spiro atoms. The first kappa shape index (κ1) is 12.9. The molecule has 0 saturated heterocycles. The Hall–Kier alpha value is -0.130. The molecule has 0 aromatic heterocycles. The first-order valence-corrected chi connectivity index (χ1v) is 6.42. The highest BCUT2D eigenvalue weighted by molar-refractivity contribution is 7.91. The molecule has 0 radical (unpaired) electrons. The molecular formula is C8H19NO3S. The van der Waals surface area contributed by atoms with Gasteiger partial charge >= 0.3 is 0 Å². The highest BCUT2D eigenvalue weighted by Crippen LogP contribution is 2.01. The van der Waals surface area contributed by atoms with E-state index in [1.54, 1.807) is 0 Å². The zero-order valence-electron chi connectivity index (χ0n) is 8.07. The molecule has 0 saturated carbocycles. The topological polar surface area (TPSA) is 80.4 Å². The van der Waals surface area contributed by atoms with Gasteiger partial charge in [-0.1, -0.05) is 19.8 Å². The maximum Gasteiger partial charge on any atom is 0.152 e. The van der Waals surface area contributed by atoms with Crippen molar-refractivity contribution in [1.82, 2.24) is 0 Å². The van der Waals surface area contributed by atoms with E-state index in [0.29, 0.717) is 6.42 Å². The maximum atomic E-state index is 11.3. The van der Waals surface area contributed by atoms with Crippen LogP contribution in [-0.4, -0.2) is 37.7 Å². The van der Waals surface area contributed by atoms with E-state index in [1.165, 1.54) is 0 Å². The molecule has 0 aromatic rings. The summed E-state index contributed by atoms with van der Waals surface area (Å²) in [6, 6.07) is 0. The lowest BCUT2D eigenvalue weighted by Gasteiger charge is -2.07. The summed E-state index contributed by atoms with van der Waals surface area (Å²) in [5.41, 5.74) is 5.12. The molecule has 80 valence electrons. The molecule has 0 amide bonds. The van der Waals surface area contributed by atoms with Gasteiger partial charge < -0.3 is 10.8 Å². The van der Waals surface area contributed by atoms with Gasteiger partial charge in [0.1, 0.15) is 0 Å². The molecule has 0 aliphatic carbocycles. The van der Waals surface area contributed by atoms with Crippen LogP contribution in [0.1, 0.15) is 26.2 Å². The van der Waals surface area contributed by atoms with Gasteiger partial charge in [0.15, 0.2) is 9.84 Å². The second-order valence-corrected chi connectivity index (χ2v) is 5.44. The molecule has 1 unspecified atom stereocenters. The van der Waals surface area contributed by atoms with Crippen molar-refractivity contribution in [2.24, 2.45) is 5.73 Å². The molecule has 0 heterocycles. The van der Waals surface area contributed by atoms with Gasteiger partial charge in [0.2, 0.25) is 0 Å². The monoisotopic (exact) mass is 209 g/mol. The number of nitrogens with two attached hydrogens (primary N) is 1. The van der Waals surface area contributed by atoms with Crippen molar-refractivity contribution in [1.29, 1.82) is 0 Å². The fourth-order valence-electron chi connectivity index (χ4n) is 1.02. The van der Waals surface area contributed by atoms with E-state index >= 15 is 0 Å². The minimum absolute atomic E-state index is 0.00695. The zero-order chi connectivity index (χ0) is 10.3. The number of hydrogen-bond acceptors (Lipinski definition) is 4. The van der Waals surface area contributed by atoms with Gasteiger partial charge in [0.25, 0.3) is 0 Å². The van der Waals surface area contributed by atoms with Crippen molar-refractivity contribution >= 4 is 9.84 Å². The van der Waals surface area contributed by atoms with Crippen LogP contribution in [-0.2, 0) is 9.84 Å². The zero-order valence-corrected chi connectivity index (χ0v) is 8.89. The molecule has 13 heavy (non-hydrogen) atoms. The Kier molecular flexibility index (Phi) is 6.28. The number of hydrogen-bond donors (Lipinski definition) is 2. The quantitative estimate of drug-likeness (QED) is 0.574. The first-order chi connectivity index (χ1) is 6.02. The van der Waals surface area contributed by atoms with Gasteiger partial charge in [-0.3, -0.25) is 0 Å². The second kappa shape index (κ2) is 6.34. The Bertz CT molecular complexity index is 213. The first-order valence-electron chi connectivity index (χ1n) is 4.60. The van der Waals surface area contributed by atoms with Crippen molar-refractivity contribution in [2.75, 3.05) is 18.1 Å². The second-order valence-electron chi connectivity index (χ2n) is 3.21. The molecule has 0 fully saturated rings. The van der Waals surface area contributed by atoms with E-state index in [9.17, 15) is 8.42 Å². The van der Waals surface area contributed by atoms with E-state index in [4.69, 9.17) is 10.8 Å². The fourth-order valence-corrected chi connectivity index (χ4v) is 2.55. The third kappa shape index (κ3) is 6.98. The summed E-state index contributed by atoms with van der Waals surface area (Å²) in [7, 11) is -3.10. The van der Waals surface area contributed by atoms with Crippen LogP contribution in [0.4, 0.5) is 0 Å². The summed E-state index contributed by atoms with van der Waals surface area (Å²) >= 11 is 0. The lowest BCUT2D eigenvalue weighted by atomic mass is 10.3. The summed E-state index contributed by atoms with van der Waals surface area (Å²) < 4.78 is 22.5. The Morgan fingerprint density at radius 3 is 2.46 bits per heavy atom. The minimum Gasteiger partial charge on any atom is -0.391 e. The normalized spacial score (nSPS) is 14.4. The number of rotatable bonds is 7. The van der Waals surface area contributed by atoms with Gasteiger partial charge in [-0.05, 0) is 6.42 Å². The lowest BCUT2D eigenvalue weighted by Crippen LogP contribution is -2.29. The van der Waals surface area contributed by atoms with E-state index in [1.807, 2.05) is 6.92 Å². The largest absolute Gasteiger partial charge is 0.391 e. The number of aliphatic hydroxyl groups excluding tert-OH is 1. The summed E-state index contributed by atoms with van der Waals surface area (Å²) in [5, 5.41) is 9.05. The summed E-state index contributed by atoms with van der Waals surface area (Å²) in [6.45, 7) is 2.02. The molecule has 0 aliphatic heterocycles. The van der Waals surface area contributed by atoms with Crippen molar-refractivity contribution in [2.45, 2.75) is 32.3 Å². The van der Waals surface area contributed by atoms with Crippen molar-refractivity contribution in [3.05, 3.63) is 0 Å². The van der Waals surface area contributed by atoms with Gasteiger partial charge in [0, 0.05) is 6.54 Å². The predicted molar refractivity (Wildman–Crippen MR) is 53.2 cm³/mol. The van der Waals surface area contributed by atoms with Crippen LogP contribution in [0.25, 0.3) is 0 Å². The standard InChI is InChI=1S/C8H19NO3S/c1-2-3-4-5-13(11,12)7-8(10)6-9/h8,10H,2-7,9H2,1H3. The number of sulfone groups is 1. The van der Waals surface area contributed by atoms with Gasteiger partial charge in [-0.25, -0.2) is 8.42 Å². The summed E-state index contributed by atoms with van der Waals surface area (Å²) in [6.07, 6.45) is 1.68. The number of aliphatic hydroxyl groups is 1. The van der Waals surface area contributed by atoms with Crippen LogP contribution >= 0.6 is 0 Å². The summed E-state index contributed by atoms with van der Waals surface area (Å²) in [5.74, 6) is -0.0366. The Morgan fingerprint density at radius 2 is 2.00 bits per heavy atom. The lowest BCUT2D eigenvalue weighted by molar-refractivity contribution is 0.205. The molecule has 1 atom stereocenters. The van der Waals surface area contributed by atoms with Crippen LogP contribution in [0.15, 0.2) is 0 Å².